The Morgan fingerprint density at radius 3 is 2.48 bits per heavy atom. The van der Waals surface area contributed by atoms with Gasteiger partial charge in [0.25, 0.3) is 6.43 Å². The molecule has 1 N–H and O–H groups in total. The fraction of sp³-hybridized carbons (Fsp3) is 0.235. The minimum atomic E-state index is -4.85. The van der Waals surface area contributed by atoms with E-state index in [2.05, 4.69) is 10.4 Å². The van der Waals surface area contributed by atoms with E-state index >= 15 is 0 Å². The van der Waals surface area contributed by atoms with Crippen LogP contribution in [0.5, 0.6) is 11.5 Å². The molecule has 1 aromatic heterocycles. The molecule has 0 aliphatic carbocycles. The molecular weight excluding hydrogens is 403 g/mol. The van der Waals surface area contributed by atoms with Gasteiger partial charge < -0.3 is 9.84 Å². The first kappa shape index (κ1) is 20.3. The van der Waals surface area contributed by atoms with Crippen LogP contribution in [0.4, 0.5) is 22.0 Å². The smallest absolute Gasteiger partial charge is 0.420 e. The molecule has 0 saturated carbocycles. The lowest BCUT2D eigenvalue weighted by molar-refractivity contribution is -0.139. The van der Waals surface area contributed by atoms with Crippen molar-refractivity contribution in [3.63, 3.8) is 0 Å². The number of tetrazole rings is 1. The molecule has 1 heterocycles. The van der Waals surface area contributed by atoms with E-state index in [0.29, 0.717) is 6.07 Å². The van der Waals surface area contributed by atoms with Gasteiger partial charge in [0.1, 0.15) is 23.7 Å². The number of hydrogen-bond donors (Lipinski definition) is 1. The van der Waals surface area contributed by atoms with Gasteiger partial charge in [0.05, 0.1) is 5.69 Å². The summed E-state index contributed by atoms with van der Waals surface area (Å²) in [6.07, 6.45) is -7.83. The predicted molar refractivity (Wildman–Crippen MR) is 89.0 cm³/mol. The number of rotatable bonds is 5. The van der Waals surface area contributed by atoms with Crippen LogP contribution in [0.1, 0.15) is 23.1 Å². The maximum absolute atomic E-state index is 13.5. The Morgan fingerprint density at radius 1 is 1.17 bits per heavy atom. The van der Waals surface area contributed by atoms with Crippen molar-refractivity contribution in [3.05, 3.63) is 63.6 Å². The molecule has 0 aliphatic rings. The number of aromatic nitrogens is 4. The lowest BCUT2D eigenvalue weighted by atomic mass is 10.1. The second-order valence-corrected chi connectivity index (χ2v) is 5.91. The van der Waals surface area contributed by atoms with Gasteiger partial charge in [-0.2, -0.15) is 22.5 Å². The molecule has 12 heteroatoms. The highest BCUT2D eigenvalue weighted by atomic mass is 19.4. The molecule has 7 nitrogen and oxygen atoms in total. The van der Waals surface area contributed by atoms with Crippen LogP contribution in [0.2, 0.25) is 0 Å². The summed E-state index contributed by atoms with van der Waals surface area (Å²) in [7, 11) is 1.30. The van der Waals surface area contributed by atoms with Gasteiger partial charge in [0.15, 0.2) is 0 Å². The number of halogens is 5. The summed E-state index contributed by atoms with van der Waals surface area (Å²) in [6.45, 7) is -0.716. The van der Waals surface area contributed by atoms with Gasteiger partial charge in [0, 0.05) is 18.2 Å². The third-order valence-corrected chi connectivity index (χ3v) is 4.01. The number of phenols is 1. The molecule has 0 saturated heterocycles. The molecule has 0 atom stereocenters. The summed E-state index contributed by atoms with van der Waals surface area (Å²) in [5, 5.41) is 16.4. The summed E-state index contributed by atoms with van der Waals surface area (Å²) in [4.78, 5) is 12.1. The molecular formula is C17H13F5N4O3. The molecule has 0 spiro atoms. The van der Waals surface area contributed by atoms with E-state index in [1.807, 2.05) is 0 Å². The zero-order valence-corrected chi connectivity index (χ0v) is 14.7. The van der Waals surface area contributed by atoms with E-state index in [1.165, 1.54) is 19.2 Å². The van der Waals surface area contributed by atoms with Crippen molar-refractivity contribution in [2.75, 3.05) is 0 Å². The van der Waals surface area contributed by atoms with E-state index in [9.17, 15) is 31.9 Å². The molecule has 154 valence electrons. The molecule has 2 aromatic carbocycles. The van der Waals surface area contributed by atoms with E-state index in [0.717, 1.165) is 27.6 Å². The van der Waals surface area contributed by atoms with Crippen molar-refractivity contribution in [2.24, 2.45) is 7.05 Å². The van der Waals surface area contributed by atoms with Crippen molar-refractivity contribution in [3.8, 4) is 17.2 Å². The lowest BCUT2D eigenvalue weighted by Gasteiger charge is -2.17. The topological polar surface area (TPSA) is 82.2 Å². The Balaban J connectivity index is 2.06. The highest BCUT2D eigenvalue weighted by molar-refractivity contribution is 5.47. The molecule has 0 bridgehead atoms. The maximum Gasteiger partial charge on any atom is 0.420 e. The van der Waals surface area contributed by atoms with Crippen molar-refractivity contribution in [2.45, 2.75) is 19.2 Å². The highest BCUT2D eigenvalue weighted by Crippen LogP contribution is 2.39. The highest BCUT2D eigenvalue weighted by Gasteiger charge is 2.35. The monoisotopic (exact) mass is 416 g/mol. The number of aromatic hydroxyl groups is 1. The second kappa shape index (κ2) is 7.53. The van der Waals surface area contributed by atoms with E-state index < -0.39 is 47.5 Å². The normalized spacial score (nSPS) is 11.8. The molecule has 3 rings (SSSR count). The molecule has 0 aliphatic heterocycles. The number of ether oxygens (including phenoxy) is 1. The largest absolute Gasteiger partial charge is 0.508 e. The third kappa shape index (κ3) is 4.05. The van der Waals surface area contributed by atoms with Crippen LogP contribution in [-0.2, 0) is 19.8 Å². The zero-order valence-electron chi connectivity index (χ0n) is 14.7. The Labute approximate surface area is 159 Å². The third-order valence-electron chi connectivity index (χ3n) is 4.01. The molecule has 0 amide bonds. The van der Waals surface area contributed by atoms with E-state index in [4.69, 9.17) is 4.74 Å². The number of phenolic OH excluding ortho intramolecular Hbond substituents is 1. The first-order valence-electron chi connectivity index (χ1n) is 8.02. The van der Waals surface area contributed by atoms with Gasteiger partial charge in [0.2, 0.25) is 0 Å². The molecule has 0 fully saturated rings. The predicted octanol–water partition coefficient (Wildman–Crippen LogP) is 3.21. The Hall–Kier alpha value is -3.44. The van der Waals surface area contributed by atoms with Crippen LogP contribution in [0, 0.1) is 0 Å². The summed E-state index contributed by atoms with van der Waals surface area (Å²) < 4.78 is 73.3. The summed E-state index contributed by atoms with van der Waals surface area (Å²) >= 11 is 0. The fourth-order valence-electron chi connectivity index (χ4n) is 2.63. The molecule has 3 aromatic rings. The number of alkyl halides is 5. The van der Waals surface area contributed by atoms with Crippen molar-refractivity contribution < 1.29 is 31.8 Å². The average molecular weight is 416 g/mol. The van der Waals surface area contributed by atoms with Gasteiger partial charge in [-0.3, -0.25) is 0 Å². The SMILES string of the molecule is Cn1nnn(-c2cccc(C(F)F)c2COc2ccc(O)cc2C(F)(F)F)c1=O. The van der Waals surface area contributed by atoms with Crippen molar-refractivity contribution >= 4 is 0 Å². The van der Waals surface area contributed by atoms with Crippen LogP contribution < -0.4 is 10.4 Å². The fourth-order valence-corrected chi connectivity index (χ4v) is 2.63. The minimum Gasteiger partial charge on any atom is -0.508 e. The number of aryl methyl sites for hydroxylation is 1. The Kier molecular flexibility index (Phi) is 5.27. The summed E-state index contributed by atoms with van der Waals surface area (Å²) in [5.41, 5.74) is -2.88. The first-order valence-corrected chi connectivity index (χ1v) is 8.02. The molecule has 29 heavy (non-hydrogen) atoms. The van der Waals surface area contributed by atoms with Gasteiger partial charge in [-0.1, -0.05) is 12.1 Å². The molecule has 0 unspecified atom stereocenters. The van der Waals surface area contributed by atoms with Gasteiger partial charge in [-0.25, -0.2) is 13.6 Å². The van der Waals surface area contributed by atoms with Crippen LogP contribution in [0.3, 0.4) is 0 Å². The van der Waals surface area contributed by atoms with E-state index in [1.54, 1.807) is 0 Å². The lowest BCUT2D eigenvalue weighted by Crippen LogP contribution is -2.23. The number of hydrogen-bond acceptors (Lipinski definition) is 5. The van der Waals surface area contributed by atoms with Gasteiger partial charge >= 0.3 is 11.9 Å². The van der Waals surface area contributed by atoms with Crippen LogP contribution in [0.25, 0.3) is 5.69 Å². The van der Waals surface area contributed by atoms with Crippen molar-refractivity contribution in [1.29, 1.82) is 0 Å². The quantitative estimate of drug-likeness (QED) is 0.646. The summed E-state index contributed by atoms with van der Waals surface area (Å²) in [5.74, 6) is -1.30. The Morgan fingerprint density at radius 2 is 1.90 bits per heavy atom. The van der Waals surface area contributed by atoms with Gasteiger partial charge in [-0.15, -0.1) is 0 Å². The standard InChI is InChI=1S/C17H13F5N4O3/c1-25-16(28)26(24-23-25)13-4-2-3-10(15(18)19)11(13)8-29-14-6-5-9(27)7-12(14)17(20,21)22/h2-7,15,27H,8H2,1H3. The van der Waals surface area contributed by atoms with Crippen LogP contribution in [0.15, 0.2) is 41.2 Å². The average Bonchev–Trinajstić information content (AvgIpc) is 2.98. The molecule has 0 radical (unpaired) electrons. The zero-order chi connectivity index (χ0) is 21.3. The first-order chi connectivity index (χ1) is 13.6. The second-order valence-electron chi connectivity index (χ2n) is 5.91. The maximum atomic E-state index is 13.5. The minimum absolute atomic E-state index is 0.103. The van der Waals surface area contributed by atoms with E-state index in [-0.39, 0.29) is 11.3 Å². The Bertz CT molecular complexity index is 1090. The van der Waals surface area contributed by atoms with Crippen molar-refractivity contribution in [1.82, 2.24) is 19.8 Å². The number of benzene rings is 2. The van der Waals surface area contributed by atoms with Gasteiger partial charge in [-0.05, 0) is 34.7 Å². The van der Waals surface area contributed by atoms with Crippen LogP contribution >= 0.6 is 0 Å². The van der Waals surface area contributed by atoms with Crippen LogP contribution in [-0.4, -0.2) is 24.9 Å². The number of nitrogens with zero attached hydrogens (tertiary/aromatic N) is 4. The summed E-state index contributed by atoms with van der Waals surface area (Å²) in [6, 6.07) is 5.92.